The van der Waals surface area contributed by atoms with Gasteiger partial charge in [-0.05, 0) is 51.5 Å². The minimum absolute atomic E-state index is 0.133. The number of nitrogens with zero attached hydrogens (tertiary/aromatic N) is 3. The lowest BCUT2D eigenvalue weighted by Gasteiger charge is -2.12. The number of rotatable bonds is 5. The Labute approximate surface area is 163 Å². The zero-order valence-electron chi connectivity index (χ0n) is 16.0. The van der Waals surface area contributed by atoms with E-state index < -0.39 is 0 Å². The average Bonchev–Trinajstić information content (AvgIpc) is 3.48. The second-order valence-corrected chi connectivity index (χ2v) is 8.02. The third kappa shape index (κ3) is 3.48. The second kappa shape index (κ2) is 7.50. The number of aromatic nitrogens is 4. The van der Waals surface area contributed by atoms with Crippen LogP contribution in [0.5, 0.6) is 6.01 Å². The highest BCUT2D eigenvalue weighted by Gasteiger charge is 2.27. The van der Waals surface area contributed by atoms with E-state index in [-0.39, 0.29) is 18.0 Å². The van der Waals surface area contributed by atoms with Crippen LogP contribution in [0.1, 0.15) is 67.8 Å². The highest BCUT2D eigenvalue weighted by Crippen LogP contribution is 2.35. The lowest BCUT2D eigenvalue weighted by molar-refractivity contribution is -0.136. The summed E-state index contributed by atoms with van der Waals surface area (Å²) in [5.74, 6) is 1.73. The maximum Gasteiger partial charge on any atom is 0.330 e. The number of H-pyrrole nitrogens is 1. The number of anilines is 2. The number of hydrogen-bond acceptors (Lipinski definition) is 7. The fourth-order valence-electron chi connectivity index (χ4n) is 4.57. The lowest BCUT2D eigenvalue weighted by Crippen LogP contribution is -2.34. The Hall–Kier alpha value is -2.48. The second-order valence-electron chi connectivity index (χ2n) is 8.02. The number of nitrogens with one attached hydrogen (secondary N) is 3. The van der Waals surface area contributed by atoms with Crippen molar-refractivity contribution in [2.45, 2.75) is 69.7 Å². The predicted octanol–water partition coefficient (Wildman–Crippen LogP) is 2.75. The lowest BCUT2D eigenvalue weighted by atomic mass is 10.0. The highest BCUT2D eigenvalue weighted by atomic mass is 16.5. The summed E-state index contributed by atoms with van der Waals surface area (Å²) in [5, 5.41) is 14.1. The number of carbonyl (C=O) groups is 1. The molecule has 0 unspecified atom stereocenters. The molecule has 3 heterocycles. The molecular weight excluding hydrogens is 356 g/mol. The molecule has 2 aromatic rings. The summed E-state index contributed by atoms with van der Waals surface area (Å²) in [6.07, 6.45) is 9.65. The molecule has 28 heavy (non-hydrogen) atoms. The first-order valence-electron chi connectivity index (χ1n) is 10.4. The molecule has 8 heteroatoms. The molecule has 1 aliphatic heterocycles. The van der Waals surface area contributed by atoms with Crippen molar-refractivity contribution in [3.05, 3.63) is 23.0 Å². The van der Waals surface area contributed by atoms with Gasteiger partial charge in [-0.15, -0.1) is 0 Å². The molecule has 0 amide bonds. The van der Waals surface area contributed by atoms with Crippen molar-refractivity contribution in [3.63, 3.8) is 0 Å². The van der Waals surface area contributed by atoms with E-state index in [0.717, 1.165) is 55.7 Å². The van der Waals surface area contributed by atoms with Crippen LogP contribution >= 0.6 is 0 Å². The summed E-state index contributed by atoms with van der Waals surface area (Å²) < 4.78 is 5.50. The van der Waals surface area contributed by atoms with Crippen molar-refractivity contribution < 1.29 is 9.53 Å². The minimum atomic E-state index is -0.301. The number of esters is 1. The molecule has 1 saturated carbocycles. The molecule has 1 saturated heterocycles. The van der Waals surface area contributed by atoms with Gasteiger partial charge in [0, 0.05) is 23.2 Å². The first kappa shape index (κ1) is 17.6. The van der Waals surface area contributed by atoms with Crippen molar-refractivity contribution in [3.8, 4) is 6.01 Å². The van der Waals surface area contributed by atoms with Gasteiger partial charge in [-0.25, -0.2) is 4.79 Å². The van der Waals surface area contributed by atoms with Crippen LogP contribution in [0.15, 0.2) is 6.07 Å². The molecule has 1 atom stereocenters. The van der Waals surface area contributed by atoms with Gasteiger partial charge in [0.1, 0.15) is 11.9 Å². The van der Waals surface area contributed by atoms with Crippen molar-refractivity contribution in [1.29, 1.82) is 0 Å². The summed E-state index contributed by atoms with van der Waals surface area (Å²) >= 11 is 0. The van der Waals surface area contributed by atoms with Crippen LogP contribution in [-0.4, -0.2) is 38.7 Å². The SMILES string of the molecule is O=C(Oc1nc2c(c(Nc3cc(C4CCCC4)[nH]n3)n1)CCC2)[C@@H]1CCCN1. The van der Waals surface area contributed by atoms with Gasteiger partial charge in [-0.3, -0.25) is 5.10 Å². The van der Waals surface area contributed by atoms with E-state index in [4.69, 9.17) is 4.74 Å². The highest BCUT2D eigenvalue weighted by molar-refractivity contribution is 5.78. The maximum absolute atomic E-state index is 12.3. The van der Waals surface area contributed by atoms with Crippen molar-refractivity contribution in [2.24, 2.45) is 0 Å². The number of aryl methyl sites for hydroxylation is 1. The van der Waals surface area contributed by atoms with Gasteiger partial charge in [0.05, 0.1) is 5.69 Å². The maximum atomic E-state index is 12.3. The molecule has 2 fully saturated rings. The number of fused-ring (bicyclic) bond motifs is 1. The molecule has 5 rings (SSSR count). The monoisotopic (exact) mass is 382 g/mol. The molecule has 0 radical (unpaired) electrons. The molecular formula is C20H26N6O2. The van der Waals surface area contributed by atoms with Crippen LogP contribution in [0.2, 0.25) is 0 Å². The number of aromatic amines is 1. The summed E-state index contributed by atoms with van der Waals surface area (Å²) in [4.78, 5) is 21.3. The van der Waals surface area contributed by atoms with Crippen molar-refractivity contribution >= 4 is 17.6 Å². The largest absolute Gasteiger partial charge is 0.390 e. The van der Waals surface area contributed by atoms with Gasteiger partial charge >= 0.3 is 12.0 Å². The van der Waals surface area contributed by atoms with E-state index in [1.54, 1.807) is 0 Å². The molecule has 3 N–H and O–H groups in total. The third-order valence-electron chi connectivity index (χ3n) is 6.09. The minimum Gasteiger partial charge on any atom is -0.390 e. The Morgan fingerprint density at radius 2 is 2.00 bits per heavy atom. The molecule has 0 bridgehead atoms. The summed E-state index contributed by atoms with van der Waals surface area (Å²) in [7, 11) is 0. The third-order valence-corrected chi connectivity index (χ3v) is 6.09. The Bertz CT molecular complexity index is 868. The molecule has 8 nitrogen and oxygen atoms in total. The Kier molecular flexibility index (Phi) is 4.72. The Morgan fingerprint density at radius 1 is 1.11 bits per heavy atom. The summed E-state index contributed by atoms with van der Waals surface area (Å²) in [6, 6.07) is 1.95. The topological polar surface area (TPSA) is 105 Å². The van der Waals surface area contributed by atoms with Crippen molar-refractivity contribution in [2.75, 3.05) is 11.9 Å². The van der Waals surface area contributed by atoms with E-state index in [1.807, 2.05) is 0 Å². The Balaban J connectivity index is 1.36. The van der Waals surface area contributed by atoms with Gasteiger partial charge in [-0.1, -0.05) is 12.8 Å². The number of carbonyl (C=O) groups excluding carboxylic acids is 1. The summed E-state index contributed by atoms with van der Waals surface area (Å²) in [5.41, 5.74) is 3.25. The van der Waals surface area contributed by atoms with Gasteiger partial charge in [0.25, 0.3) is 0 Å². The quantitative estimate of drug-likeness (QED) is 0.683. The standard InChI is InChI=1S/C20H26N6O2/c27-19(15-9-4-10-21-15)28-20-22-14-8-3-7-13(14)18(24-20)23-17-11-16(25-26-17)12-5-1-2-6-12/h11-12,15,21H,1-10H2,(H2,22,23,24,25,26)/t15-/m0/s1. The molecule has 2 aliphatic carbocycles. The van der Waals surface area contributed by atoms with Gasteiger partial charge < -0.3 is 15.4 Å². The zero-order chi connectivity index (χ0) is 18.9. The van der Waals surface area contributed by atoms with Crippen LogP contribution in [-0.2, 0) is 17.6 Å². The van der Waals surface area contributed by atoms with Crippen LogP contribution in [0.25, 0.3) is 0 Å². The fraction of sp³-hybridized carbons (Fsp3) is 0.600. The van der Waals surface area contributed by atoms with E-state index >= 15 is 0 Å². The first-order chi connectivity index (χ1) is 13.8. The summed E-state index contributed by atoms with van der Waals surface area (Å²) in [6.45, 7) is 0.847. The number of hydrogen-bond donors (Lipinski definition) is 3. The van der Waals surface area contributed by atoms with Gasteiger partial charge in [0.15, 0.2) is 5.82 Å². The molecule has 0 spiro atoms. The molecule has 148 valence electrons. The smallest absolute Gasteiger partial charge is 0.330 e. The van der Waals surface area contributed by atoms with Gasteiger partial charge in [0.2, 0.25) is 0 Å². The van der Waals surface area contributed by atoms with Crippen LogP contribution in [0.3, 0.4) is 0 Å². The van der Waals surface area contributed by atoms with E-state index in [1.165, 1.54) is 31.4 Å². The van der Waals surface area contributed by atoms with Crippen molar-refractivity contribution in [1.82, 2.24) is 25.5 Å². The van der Waals surface area contributed by atoms with E-state index in [9.17, 15) is 4.79 Å². The normalized spacial score (nSPS) is 21.8. The average molecular weight is 382 g/mol. The van der Waals surface area contributed by atoms with Crippen LogP contribution in [0, 0.1) is 0 Å². The van der Waals surface area contributed by atoms with E-state index in [0.29, 0.717) is 11.7 Å². The molecule has 2 aromatic heterocycles. The fourth-order valence-corrected chi connectivity index (χ4v) is 4.57. The van der Waals surface area contributed by atoms with Gasteiger partial charge in [-0.2, -0.15) is 15.1 Å². The molecule has 3 aliphatic rings. The zero-order valence-corrected chi connectivity index (χ0v) is 16.0. The number of ether oxygens (including phenoxy) is 1. The molecule has 0 aromatic carbocycles. The van der Waals surface area contributed by atoms with Crippen LogP contribution in [0.4, 0.5) is 11.6 Å². The Morgan fingerprint density at radius 3 is 2.82 bits per heavy atom. The first-order valence-corrected chi connectivity index (χ1v) is 10.4. The van der Waals surface area contributed by atoms with Crippen LogP contribution < -0.4 is 15.4 Å². The van der Waals surface area contributed by atoms with E-state index in [2.05, 4.69) is 36.9 Å². The predicted molar refractivity (Wildman–Crippen MR) is 104 cm³/mol.